The zero-order valence-corrected chi connectivity index (χ0v) is 10.1. The predicted octanol–water partition coefficient (Wildman–Crippen LogP) is 3.34. The number of hydrogen-bond acceptors (Lipinski definition) is 2. The Bertz CT molecular complexity index is 362. The maximum atomic E-state index is 11.1. The van der Waals surface area contributed by atoms with Gasteiger partial charge >= 0.3 is 5.97 Å². The van der Waals surface area contributed by atoms with Crippen molar-refractivity contribution in [2.24, 2.45) is 0 Å². The van der Waals surface area contributed by atoms with Crippen molar-refractivity contribution in [3.8, 4) is 0 Å². The summed E-state index contributed by atoms with van der Waals surface area (Å²) in [6.45, 7) is 5.67. The van der Waals surface area contributed by atoms with Crippen molar-refractivity contribution in [1.82, 2.24) is 0 Å². The van der Waals surface area contributed by atoms with Gasteiger partial charge in [-0.15, -0.1) is 11.8 Å². The number of carboxylic acid groups (broad SMARTS) is 1. The Kier molecular flexibility index (Phi) is 3.80. The van der Waals surface area contributed by atoms with Gasteiger partial charge in [-0.25, -0.2) is 0 Å². The molecule has 1 N–H and O–H groups in total. The van der Waals surface area contributed by atoms with Gasteiger partial charge in [0.2, 0.25) is 0 Å². The van der Waals surface area contributed by atoms with E-state index >= 15 is 0 Å². The average molecular weight is 224 g/mol. The molecule has 0 saturated heterocycles. The first-order valence-electron chi connectivity index (χ1n) is 4.97. The quantitative estimate of drug-likeness (QED) is 0.797. The highest BCUT2D eigenvalue weighted by molar-refractivity contribution is 8.01. The van der Waals surface area contributed by atoms with Crippen LogP contribution in [0.15, 0.2) is 29.2 Å². The van der Waals surface area contributed by atoms with E-state index in [0.717, 1.165) is 10.5 Å². The first-order valence-corrected chi connectivity index (χ1v) is 5.79. The molecule has 0 aliphatic heterocycles. The third-order valence-electron chi connectivity index (χ3n) is 2.56. The van der Waals surface area contributed by atoms with Crippen molar-refractivity contribution >= 4 is 17.7 Å². The van der Waals surface area contributed by atoms with Crippen molar-refractivity contribution in [1.29, 1.82) is 0 Å². The van der Waals surface area contributed by atoms with Crippen LogP contribution in [0.3, 0.4) is 0 Å². The molecule has 0 spiro atoms. The van der Waals surface area contributed by atoms with Crippen molar-refractivity contribution in [2.45, 2.75) is 36.8 Å². The summed E-state index contributed by atoms with van der Waals surface area (Å²) in [5.41, 5.74) is 1.13. The maximum Gasteiger partial charge on any atom is 0.319 e. The normalized spacial score (nSPS) is 14.6. The lowest BCUT2D eigenvalue weighted by Gasteiger charge is -2.23. The molecule has 82 valence electrons. The van der Waals surface area contributed by atoms with Crippen molar-refractivity contribution < 1.29 is 9.90 Å². The van der Waals surface area contributed by atoms with Crippen LogP contribution in [0, 0.1) is 6.92 Å². The highest BCUT2D eigenvalue weighted by atomic mass is 32.2. The third-order valence-corrected chi connectivity index (χ3v) is 4.15. The van der Waals surface area contributed by atoms with Gasteiger partial charge in [-0.1, -0.05) is 25.1 Å². The van der Waals surface area contributed by atoms with Gasteiger partial charge in [-0.05, 0) is 31.9 Å². The van der Waals surface area contributed by atoms with E-state index in [2.05, 4.69) is 0 Å². The van der Waals surface area contributed by atoms with Crippen molar-refractivity contribution in [3.63, 3.8) is 0 Å². The molecule has 1 unspecified atom stereocenters. The molecule has 0 aliphatic rings. The molecule has 3 heteroatoms. The molecule has 0 fully saturated rings. The fraction of sp³-hybridized carbons (Fsp3) is 0.417. The summed E-state index contributed by atoms with van der Waals surface area (Å²) in [4.78, 5) is 12.2. The minimum atomic E-state index is -0.752. The maximum absolute atomic E-state index is 11.1. The molecule has 0 saturated carbocycles. The SMILES string of the molecule is CCC(C)(Sc1ccccc1C)C(=O)O. The van der Waals surface area contributed by atoms with E-state index in [4.69, 9.17) is 5.11 Å². The smallest absolute Gasteiger partial charge is 0.319 e. The van der Waals surface area contributed by atoms with Gasteiger partial charge in [0, 0.05) is 4.90 Å². The molecule has 0 bridgehead atoms. The number of carboxylic acids is 1. The molecular weight excluding hydrogens is 208 g/mol. The molecule has 0 radical (unpaired) electrons. The van der Waals surface area contributed by atoms with E-state index in [1.165, 1.54) is 11.8 Å². The summed E-state index contributed by atoms with van der Waals surface area (Å²) in [5, 5.41) is 9.16. The second kappa shape index (κ2) is 4.71. The minimum Gasteiger partial charge on any atom is -0.480 e. The Morgan fingerprint density at radius 2 is 2.07 bits per heavy atom. The molecule has 1 aromatic carbocycles. The Labute approximate surface area is 94.7 Å². The largest absolute Gasteiger partial charge is 0.480 e. The van der Waals surface area contributed by atoms with E-state index < -0.39 is 10.7 Å². The zero-order chi connectivity index (χ0) is 11.5. The molecule has 15 heavy (non-hydrogen) atoms. The van der Waals surface area contributed by atoms with Gasteiger partial charge in [0.25, 0.3) is 0 Å². The molecule has 0 aliphatic carbocycles. The van der Waals surface area contributed by atoms with E-state index in [9.17, 15) is 4.79 Å². The number of carbonyl (C=O) groups is 1. The summed E-state index contributed by atoms with van der Waals surface area (Å²) in [6, 6.07) is 7.87. The molecule has 1 rings (SSSR count). The molecule has 1 aromatic rings. The van der Waals surface area contributed by atoms with Crippen LogP contribution in [0.1, 0.15) is 25.8 Å². The van der Waals surface area contributed by atoms with Gasteiger partial charge in [0.05, 0.1) is 0 Å². The van der Waals surface area contributed by atoms with Crippen LogP contribution in [-0.2, 0) is 4.79 Å². The molecule has 0 aromatic heterocycles. The number of thioether (sulfide) groups is 1. The number of rotatable bonds is 4. The number of aliphatic carboxylic acids is 1. The van der Waals surface area contributed by atoms with Crippen LogP contribution in [0.4, 0.5) is 0 Å². The van der Waals surface area contributed by atoms with Gasteiger partial charge in [-0.2, -0.15) is 0 Å². The first kappa shape index (κ1) is 12.1. The average Bonchev–Trinajstić information content (AvgIpc) is 2.21. The number of aryl methyl sites for hydroxylation is 1. The fourth-order valence-corrected chi connectivity index (χ4v) is 2.27. The molecule has 0 amide bonds. The monoisotopic (exact) mass is 224 g/mol. The highest BCUT2D eigenvalue weighted by Gasteiger charge is 2.32. The topological polar surface area (TPSA) is 37.3 Å². The van der Waals surface area contributed by atoms with Crippen molar-refractivity contribution in [2.75, 3.05) is 0 Å². The summed E-state index contributed by atoms with van der Waals surface area (Å²) in [5.74, 6) is -0.752. The summed E-state index contributed by atoms with van der Waals surface area (Å²) in [7, 11) is 0. The Balaban J connectivity index is 2.94. The van der Waals surface area contributed by atoms with E-state index in [-0.39, 0.29) is 0 Å². The molecule has 0 heterocycles. The molecular formula is C12H16O2S. The minimum absolute atomic E-state index is 0.612. The highest BCUT2D eigenvalue weighted by Crippen LogP contribution is 2.37. The van der Waals surface area contributed by atoms with E-state index in [1.807, 2.05) is 38.1 Å². The van der Waals surface area contributed by atoms with Gasteiger partial charge in [-0.3, -0.25) is 4.79 Å². The lowest BCUT2D eigenvalue weighted by Crippen LogP contribution is -2.30. The van der Waals surface area contributed by atoms with Crippen LogP contribution in [0.25, 0.3) is 0 Å². The summed E-state index contributed by atoms with van der Waals surface area (Å²) >= 11 is 1.43. The van der Waals surface area contributed by atoms with Gasteiger partial charge in [0.15, 0.2) is 0 Å². The number of hydrogen-bond donors (Lipinski definition) is 1. The second-order valence-electron chi connectivity index (χ2n) is 3.76. The standard InChI is InChI=1S/C12H16O2S/c1-4-12(3,11(13)14)15-10-8-6-5-7-9(10)2/h5-8H,4H2,1-3H3,(H,13,14). The van der Waals surface area contributed by atoms with Crippen LogP contribution >= 0.6 is 11.8 Å². The van der Waals surface area contributed by atoms with E-state index in [1.54, 1.807) is 6.92 Å². The fourth-order valence-electron chi connectivity index (χ4n) is 1.18. The Morgan fingerprint density at radius 3 is 2.53 bits per heavy atom. The van der Waals surface area contributed by atoms with Gasteiger partial charge in [0.1, 0.15) is 4.75 Å². The first-order chi connectivity index (χ1) is 6.99. The summed E-state index contributed by atoms with van der Waals surface area (Å²) in [6.07, 6.45) is 0.612. The van der Waals surface area contributed by atoms with Gasteiger partial charge < -0.3 is 5.11 Å². The van der Waals surface area contributed by atoms with Crippen LogP contribution in [-0.4, -0.2) is 15.8 Å². The van der Waals surface area contributed by atoms with Crippen LogP contribution < -0.4 is 0 Å². The van der Waals surface area contributed by atoms with Crippen molar-refractivity contribution in [3.05, 3.63) is 29.8 Å². The lowest BCUT2D eigenvalue weighted by atomic mass is 10.1. The molecule has 2 nitrogen and oxygen atoms in total. The second-order valence-corrected chi connectivity index (χ2v) is 5.30. The molecule has 1 atom stereocenters. The number of benzene rings is 1. The Hall–Kier alpha value is -0.960. The van der Waals surface area contributed by atoms with Crippen LogP contribution in [0.2, 0.25) is 0 Å². The van der Waals surface area contributed by atoms with E-state index in [0.29, 0.717) is 6.42 Å². The lowest BCUT2D eigenvalue weighted by molar-refractivity contribution is -0.139. The predicted molar refractivity (Wildman–Crippen MR) is 63.4 cm³/mol. The Morgan fingerprint density at radius 1 is 1.47 bits per heavy atom. The zero-order valence-electron chi connectivity index (χ0n) is 9.28. The third kappa shape index (κ3) is 2.75. The van der Waals surface area contributed by atoms with Crippen LogP contribution in [0.5, 0.6) is 0 Å². The summed E-state index contributed by atoms with van der Waals surface area (Å²) < 4.78 is -0.730.